The molecule has 0 atom stereocenters. The summed E-state index contributed by atoms with van der Waals surface area (Å²) in [5, 5.41) is 3.35. The largest absolute Gasteiger partial charge is 0.472 e. The number of hydrogen-bond donors (Lipinski definition) is 1. The fraction of sp³-hybridized carbons (Fsp3) is 0.200. The number of rotatable bonds is 4. The lowest BCUT2D eigenvalue weighted by Crippen LogP contribution is -2.10. The molecule has 0 aliphatic heterocycles. The molecule has 2 nitrogen and oxygen atoms in total. The summed E-state index contributed by atoms with van der Waals surface area (Å²) in [4.78, 5) is 1.33. The highest BCUT2D eigenvalue weighted by Crippen LogP contribution is 2.21. The summed E-state index contributed by atoms with van der Waals surface area (Å²) in [6.45, 7) is 1.76. The molecule has 0 aliphatic rings. The van der Waals surface area contributed by atoms with Crippen LogP contribution < -0.4 is 5.32 Å². The van der Waals surface area contributed by atoms with Gasteiger partial charge >= 0.3 is 0 Å². The van der Waals surface area contributed by atoms with Crippen LogP contribution in [0.1, 0.15) is 10.4 Å². The molecule has 4 heteroatoms. The average molecular weight is 272 g/mol. The van der Waals surface area contributed by atoms with Crippen molar-refractivity contribution in [2.75, 3.05) is 0 Å². The third-order valence-electron chi connectivity index (χ3n) is 1.84. The van der Waals surface area contributed by atoms with E-state index in [1.54, 1.807) is 23.9 Å². The molecule has 0 aromatic carbocycles. The van der Waals surface area contributed by atoms with Crippen molar-refractivity contribution in [1.29, 1.82) is 0 Å². The average Bonchev–Trinajstić information content (AvgIpc) is 2.77. The van der Waals surface area contributed by atoms with Gasteiger partial charge in [0.15, 0.2) is 0 Å². The Bertz CT molecular complexity index is 382. The summed E-state index contributed by atoms with van der Waals surface area (Å²) in [5.74, 6) is 0. The van der Waals surface area contributed by atoms with Crippen molar-refractivity contribution < 1.29 is 4.42 Å². The molecule has 0 saturated carbocycles. The Kier molecular flexibility index (Phi) is 3.39. The lowest BCUT2D eigenvalue weighted by Gasteiger charge is -1.99. The van der Waals surface area contributed by atoms with Gasteiger partial charge < -0.3 is 9.73 Å². The lowest BCUT2D eigenvalue weighted by molar-refractivity contribution is 0.560. The van der Waals surface area contributed by atoms with Crippen LogP contribution in [-0.2, 0) is 13.1 Å². The van der Waals surface area contributed by atoms with E-state index in [1.807, 2.05) is 6.07 Å². The summed E-state index contributed by atoms with van der Waals surface area (Å²) in [7, 11) is 0. The van der Waals surface area contributed by atoms with Gasteiger partial charge in [-0.3, -0.25) is 0 Å². The molecule has 0 amide bonds. The monoisotopic (exact) mass is 271 g/mol. The summed E-state index contributed by atoms with van der Waals surface area (Å²) < 4.78 is 6.15. The summed E-state index contributed by atoms with van der Waals surface area (Å²) >= 11 is 5.19. The summed E-state index contributed by atoms with van der Waals surface area (Å²) in [5.41, 5.74) is 1.18. The predicted octanol–water partition coefficient (Wildman–Crippen LogP) is 3.39. The van der Waals surface area contributed by atoms with E-state index in [0.717, 1.165) is 13.1 Å². The molecule has 0 radical (unpaired) electrons. The molecular weight excluding hydrogens is 262 g/mol. The Morgan fingerprint density at radius 3 is 2.86 bits per heavy atom. The van der Waals surface area contributed by atoms with Crippen molar-refractivity contribution in [1.82, 2.24) is 5.32 Å². The van der Waals surface area contributed by atoms with Crippen molar-refractivity contribution >= 4 is 27.3 Å². The van der Waals surface area contributed by atoms with Crippen LogP contribution in [0.5, 0.6) is 0 Å². The highest BCUT2D eigenvalue weighted by molar-refractivity contribution is 9.11. The van der Waals surface area contributed by atoms with Gasteiger partial charge in [0.1, 0.15) is 0 Å². The second-order valence-electron chi connectivity index (χ2n) is 2.94. The maximum Gasteiger partial charge on any atom is 0.0947 e. The molecule has 0 spiro atoms. The van der Waals surface area contributed by atoms with Gasteiger partial charge in [0.2, 0.25) is 0 Å². The van der Waals surface area contributed by atoms with Gasteiger partial charge in [-0.25, -0.2) is 0 Å². The highest BCUT2D eigenvalue weighted by Gasteiger charge is 1.97. The molecule has 0 saturated heterocycles. The summed E-state index contributed by atoms with van der Waals surface area (Å²) in [6, 6.07) is 6.16. The molecule has 2 rings (SSSR count). The van der Waals surface area contributed by atoms with Crippen molar-refractivity contribution in [3.05, 3.63) is 45.0 Å². The highest BCUT2D eigenvalue weighted by atomic mass is 79.9. The molecule has 0 unspecified atom stereocenters. The number of halogens is 1. The molecule has 2 aromatic rings. The maximum absolute atomic E-state index is 4.98. The third-order valence-corrected chi connectivity index (χ3v) is 3.46. The van der Waals surface area contributed by atoms with E-state index in [1.165, 1.54) is 14.2 Å². The van der Waals surface area contributed by atoms with Gasteiger partial charge in [-0.15, -0.1) is 11.3 Å². The Morgan fingerprint density at radius 2 is 2.21 bits per heavy atom. The van der Waals surface area contributed by atoms with E-state index < -0.39 is 0 Å². The molecule has 0 fully saturated rings. The molecule has 74 valence electrons. The molecule has 2 heterocycles. The Labute approximate surface area is 95.1 Å². The van der Waals surface area contributed by atoms with E-state index in [2.05, 4.69) is 33.4 Å². The van der Waals surface area contributed by atoms with Crippen LogP contribution in [0.4, 0.5) is 0 Å². The standard InChI is InChI=1S/C10H10BrNOS/c11-10-2-1-9(14-10)6-12-5-8-3-4-13-7-8/h1-4,7,12H,5-6H2. The zero-order chi connectivity index (χ0) is 9.80. The Hall–Kier alpha value is -0.580. The number of hydrogen-bond acceptors (Lipinski definition) is 3. The third kappa shape index (κ3) is 2.70. The first-order valence-electron chi connectivity index (χ1n) is 4.30. The molecule has 2 aromatic heterocycles. The van der Waals surface area contributed by atoms with Crippen molar-refractivity contribution in [2.45, 2.75) is 13.1 Å². The molecule has 0 bridgehead atoms. The number of nitrogens with one attached hydrogen (secondary N) is 1. The fourth-order valence-electron chi connectivity index (χ4n) is 1.17. The second-order valence-corrected chi connectivity index (χ2v) is 5.49. The molecule has 14 heavy (non-hydrogen) atoms. The van der Waals surface area contributed by atoms with Crippen LogP contribution in [0.2, 0.25) is 0 Å². The van der Waals surface area contributed by atoms with Gasteiger partial charge in [-0.2, -0.15) is 0 Å². The fourth-order valence-corrected chi connectivity index (χ4v) is 2.62. The van der Waals surface area contributed by atoms with Crippen molar-refractivity contribution in [2.24, 2.45) is 0 Å². The smallest absolute Gasteiger partial charge is 0.0947 e. The quantitative estimate of drug-likeness (QED) is 0.922. The minimum absolute atomic E-state index is 0.853. The first-order valence-corrected chi connectivity index (χ1v) is 5.91. The van der Waals surface area contributed by atoms with Crippen LogP contribution in [0, 0.1) is 0 Å². The van der Waals surface area contributed by atoms with Crippen LogP contribution in [0.3, 0.4) is 0 Å². The minimum atomic E-state index is 0.853. The first-order chi connectivity index (χ1) is 6.84. The second kappa shape index (κ2) is 4.77. The molecule has 1 N–H and O–H groups in total. The van der Waals surface area contributed by atoms with Gasteiger partial charge in [-0.05, 0) is 34.1 Å². The number of furan rings is 1. The zero-order valence-corrected chi connectivity index (χ0v) is 9.90. The van der Waals surface area contributed by atoms with Crippen LogP contribution in [0.25, 0.3) is 0 Å². The maximum atomic E-state index is 4.98. The van der Waals surface area contributed by atoms with E-state index in [9.17, 15) is 0 Å². The molecular formula is C10H10BrNOS. The van der Waals surface area contributed by atoms with Gasteiger partial charge in [0.25, 0.3) is 0 Å². The Morgan fingerprint density at radius 1 is 1.29 bits per heavy atom. The predicted molar refractivity (Wildman–Crippen MR) is 61.3 cm³/mol. The van der Waals surface area contributed by atoms with E-state index >= 15 is 0 Å². The van der Waals surface area contributed by atoms with Gasteiger partial charge in [-0.1, -0.05) is 0 Å². The minimum Gasteiger partial charge on any atom is -0.472 e. The van der Waals surface area contributed by atoms with Crippen LogP contribution >= 0.6 is 27.3 Å². The van der Waals surface area contributed by atoms with Crippen LogP contribution in [-0.4, -0.2) is 0 Å². The lowest BCUT2D eigenvalue weighted by atomic mass is 10.3. The zero-order valence-electron chi connectivity index (χ0n) is 7.50. The topological polar surface area (TPSA) is 25.2 Å². The van der Waals surface area contributed by atoms with Crippen LogP contribution in [0.15, 0.2) is 38.9 Å². The summed E-state index contributed by atoms with van der Waals surface area (Å²) in [6.07, 6.45) is 3.45. The van der Waals surface area contributed by atoms with E-state index in [-0.39, 0.29) is 0 Å². The van der Waals surface area contributed by atoms with Gasteiger partial charge in [0, 0.05) is 23.5 Å². The van der Waals surface area contributed by atoms with E-state index in [4.69, 9.17) is 4.42 Å². The van der Waals surface area contributed by atoms with Crippen molar-refractivity contribution in [3.63, 3.8) is 0 Å². The number of thiophene rings is 1. The molecule has 0 aliphatic carbocycles. The Balaban J connectivity index is 1.78. The van der Waals surface area contributed by atoms with Crippen molar-refractivity contribution in [3.8, 4) is 0 Å². The first kappa shape index (κ1) is 9.96. The van der Waals surface area contributed by atoms with Gasteiger partial charge in [0.05, 0.1) is 16.3 Å². The van der Waals surface area contributed by atoms with E-state index in [0.29, 0.717) is 0 Å². The SMILES string of the molecule is Brc1ccc(CNCc2ccoc2)s1. The normalized spacial score (nSPS) is 10.6.